The van der Waals surface area contributed by atoms with Crippen LogP contribution >= 0.6 is 0 Å². The highest BCUT2D eigenvalue weighted by atomic mass is 15.2. The van der Waals surface area contributed by atoms with Gasteiger partial charge in [-0.05, 0) is 161 Å². The highest BCUT2D eigenvalue weighted by Crippen LogP contribution is 2.58. The molecule has 75 heavy (non-hydrogen) atoms. The summed E-state index contributed by atoms with van der Waals surface area (Å²) in [5.41, 5.74) is 26.8. The van der Waals surface area contributed by atoms with Crippen molar-refractivity contribution in [2.24, 2.45) is 0 Å². The second-order valence-electron chi connectivity index (χ2n) is 28.0. The summed E-state index contributed by atoms with van der Waals surface area (Å²) in [4.78, 5) is 5.24. The standard InChI is InChI=1S/C71H76BN3/c1-66(2,3)43-25-32-48(33-26-43)73-58-38-31-47(70(13,14)15)41-54(58)72-55-42-61(75-56-36-29-45(68(7,8)9)39-51(56)52-40-46(69(10,11)12)30-37-57(52)75)62-50-21-18-19-22-53(50)71(16,17)63(62)65(55)74(60-24-20-23-59(73)64(60)72)49-34-27-44(28-35-49)67(4,5)6/h18-42H,1-17H3. The van der Waals surface area contributed by atoms with E-state index in [1.807, 2.05) is 0 Å². The lowest BCUT2D eigenvalue weighted by Crippen LogP contribution is -2.62. The molecule has 0 unspecified atom stereocenters. The van der Waals surface area contributed by atoms with Crippen LogP contribution in [0.15, 0.2) is 152 Å². The minimum atomic E-state index is -0.353. The lowest BCUT2D eigenvalue weighted by Gasteiger charge is -2.46. The Morgan fingerprint density at radius 1 is 0.387 bits per heavy atom. The highest BCUT2D eigenvalue weighted by molar-refractivity contribution is 7.00. The first kappa shape index (κ1) is 49.1. The molecule has 8 aromatic carbocycles. The van der Waals surface area contributed by atoms with Gasteiger partial charge in [0.05, 0.1) is 16.7 Å². The van der Waals surface area contributed by atoms with Gasteiger partial charge in [-0.1, -0.05) is 197 Å². The summed E-state index contributed by atoms with van der Waals surface area (Å²) in [5.74, 6) is 0. The first-order valence-corrected chi connectivity index (χ1v) is 27.6. The number of anilines is 6. The van der Waals surface area contributed by atoms with Gasteiger partial charge < -0.3 is 14.4 Å². The van der Waals surface area contributed by atoms with Crippen molar-refractivity contribution in [1.82, 2.24) is 4.57 Å². The van der Waals surface area contributed by atoms with Crippen LogP contribution in [-0.2, 0) is 32.5 Å². The summed E-state index contributed by atoms with van der Waals surface area (Å²) in [7, 11) is 0. The number of rotatable bonds is 3. The maximum atomic E-state index is 2.67. The van der Waals surface area contributed by atoms with Crippen molar-refractivity contribution >= 4 is 79.0 Å². The van der Waals surface area contributed by atoms with Crippen molar-refractivity contribution in [1.29, 1.82) is 0 Å². The average Bonchev–Trinajstić information content (AvgIpc) is 3.83. The van der Waals surface area contributed by atoms with Crippen molar-refractivity contribution in [2.75, 3.05) is 9.80 Å². The van der Waals surface area contributed by atoms with Gasteiger partial charge in [0.25, 0.3) is 6.71 Å². The molecule has 0 fully saturated rings. The van der Waals surface area contributed by atoms with Gasteiger partial charge in [0.1, 0.15) is 0 Å². The summed E-state index contributed by atoms with van der Waals surface area (Å²) in [6.45, 7) is 39.9. The Balaban J connectivity index is 1.26. The van der Waals surface area contributed by atoms with E-state index >= 15 is 0 Å². The van der Waals surface area contributed by atoms with Crippen LogP contribution in [0.2, 0.25) is 0 Å². The Kier molecular flexibility index (Phi) is 10.6. The van der Waals surface area contributed by atoms with Gasteiger partial charge in [-0.2, -0.15) is 0 Å². The van der Waals surface area contributed by atoms with E-state index < -0.39 is 0 Å². The molecule has 0 atom stereocenters. The molecule has 4 heteroatoms. The van der Waals surface area contributed by atoms with Crippen LogP contribution in [-0.4, -0.2) is 11.3 Å². The molecule has 0 saturated heterocycles. The normalized spacial score (nSPS) is 15.0. The molecule has 3 aliphatic rings. The quantitative estimate of drug-likeness (QED) is 0.163. The van der Waals surface area contributed by atoms with E-state index in [-0.39, 0.29) is 39.2 Å². The molecule has 2 aliphatic heterocycles. The van der Waals surface area contributed by atoms with E-state index in [0.29, 0.717) is 0 Å². The van der Waals surface area contributed by atoms with Crippen LogP contribution in [0.4, 0.5) is 34.1 Å². The lowest BCUT2D eigenvalue weighted by molar-refractivity contribution is 0.590. The number of hydrogen-bond donors (Lipinski definition) is 0. The van der Waals surface area contributed by atoms with E-state index in [1.165, 1.54) is 128 Å². The van der Waals surface area contributed by atoms with Gasteiger partial charge in [-0.3, -0.25) is 0 Å². The van der Waals surface area contributed by atoms with E-state index in [1.54, 1.807) is 0 Å². The van der Waals surface area contributed by atoms with Gasteiger partial charge in [-0.25, -0.2) is 0 Å². The molecule has 0 spiro atoms. The van der Waals surface area contributed by atoms with Gasteiger partial charge in [0.15, 0.2) is 0 Å². The minimum Gasteiger partial charge on any atom is -0.311 e. The van der Waals surface area contributed by atoms with E-state index in [4.69, 9.17) is 0 Å². The maximum Gasteiger partial charge on any atom is 0.252 e. The van der Waals surface area contributed by atoms with Crippen LogP contribution in [0.3, 0.4) is 0 Å². The third kappa shape index (κ3) is 7.50. The fourth-order valence-corrected chi connectivity index (χ4v) is 13.0. The van der Waals surface area contributed by atoms with Gasteiger partial charge in [-0.15, -0.1) is 0 Å². The van der Waals surface area contributed by atoms with Crippen LogP contribution in [0, 0.1) is 0 Å². The zero-order valence-corrected chi connectivity index (χ0v) is 47.9. The SMILES string of the molecule is CC(C)(C)c1ccc(N2c3ccc(C(C)(C)C)cc3B3c4cc(-n5c6ccc(C(C)(C)C)cc6c6cc(C(C)(C)C)ccc65)c5c(c4N(c4ccc(C(C)(C)C)cc4)c4cccc2c43)C(C)(C)c2ccccc2-5)cc1. The summed E-state index contributed by atoms with van der Waals surface area (Å²) >= 11 is 0. The number of benzene rings is 8. The molecule has 3 nitrogen and oxygen atoms in total. The molecule has 0 bridgehead atoms. The molecule has 1 aromatic heterocycles. The molecule has 3 heterocycles. The van der Waals surface area contributed by atoms with Crippen LogP contribution in [0.1, 0.15) is 157 Å². The second kappa shape index (κ2) is 16.1. The molecule has 12 rings (SSSR count). The Morgan fingerprint density at radius 3 is 1.36 bits per heavy atom. The Bertz CT molecular complexity index is 3740. The van der Waals surface area contributed by atoms with Crippen molar-refractivity contribution < 1.29 is 0 Å². The summed E-state index contributed by atoms with van der Waals surface area (Å²) < 4.78 is 2.66. The molecule has 0 saturated carbocycles. The number of nitrogens with zero attached hydrogens (tertiary/aromatic N) is 3. The zero-order chi connectivity index (χ0) is 53.3. The summed E-state index contributed by atoms with van der Waals surface area (Å²) in [5, 5.41) is 2.61. The molecule has 378 valence electrons. The largest absolute Gasteiger partial charge is 0.311 e. The topological polar surface area (TPSA) is 11.4 Å². The van der Waals surface area contributed by atoms with Crippen molar-refractivity contribution in [3.05, 3.63) is 191 Å². The van der Waals surface area contributed by atoms with Gasteiger partial charge in [0, 0.05) is 55.9 Å². The molecule has 9 aromatic rings. The second-order valence-corrected chi connectivity index (χ2v) is 28.0. The third-order valence-corrected chi connectivity index (χ3v) is 17.3. The van der Waals surface area contributed by atoms with Crippen molar-refractivity contribution in [3.63, 3.8) is 0 Å². The predicted molar refractivity (Wildman–Crippen MR) is 326 cm³/mol. The van der Waals surface area contributed by atoms with Crippen LogP contribution < -0.4 is 26.2 Å². The summed E-state index contributed by atoms with van der Waals surface area (Å²) in [6, 6.07) is 60.0. The molecule has 0 N–H and O–H groups in total. The molecular weight excluding hydrogens is 906 g/mol. The zero-order valence-electron chi connectivity index (χ0n) is 47.9. The summed E-state index contributed by atoms with van der Waals surface area (Å²) in [6.07, 6.45) is 0. The maximum absolute atomic E-state index is 2.67. The van der Waals surface area contributed by atoms with E-state index in [2.05, 4.69) is 284 Å². The first-order valence-electron chi connectivity index (χ1n) is 27.6. The highest BCUT2D eigenvalue weighted by Gasteiger charge is 2.49. The van der Waals surface area contributed by atoms with Gasteiger partial charge >= 0.3 is 0 Å². The number of hydrogen-bond acceptors (Lipinski definition) is 2. The monoisotopic (exact) mass is 982 g/mol. The average molecular weight is 982 g/mol. The Hall–Kier alpha value is -6.78. The van der Waals surface area contributed by atoms with Crippen molar-refractivity contribution in [3.8, 4) is 16.8 Å². The van der Waals surface area contributed by atoms with E-state index in [9.17, 15) is 0 Å². The van der Waals surface area contributed by atoms with Crippen LogP contribution in [0.5, 0.6) is 0 Å². The smallest absolute Gasteiger partial charge is 0.252 e. The molecule has 0 amide bonds. The lowest BCUT2D eigenvalue weighted by atomic mass is 9.33. The number of fused-ring (bicyclic) bond motifs is 11. The van der Waals surface area contributed by atoms with Gasteiger partial charge in [0.2, 0.25) is 0 Å². The molecule has 0 radical (unpaired) electrons. The molecular formula is C71H76BN3. The van der Waals surface area contributed by atoms with Crippen LogP contribution in [0.25, 0.3) is 38.6 Å². The molecule has 1 aliphatic carbocycles. The Labute approximate surface area is 448 Å². The Morgan fingerprint density at radius 2 is 0.840 bits per heavy atom. The fraction of sp³-hybridized carbons (Fsp3) is 0.324. The third-order valence-electron chi connectivity index (χ3n) is 17.3. The van der Waals surface area contributed by atoms with Crippen molar-refractivity contribution in [2.45, 2.75) is 150 Å². The first-order chi connectivity index (χ1) is 35.1. The predicted octanol–water partition coefficient (Wildman–Crippen LogP) is 17.7. The fourth-order valence-electron chi connectivity index (χ4n) is 13.0. The minimum absolute atomic E-state index is 0.0102. The number of aromatic nitrogens is 1. The van der Waals surface area contributed by atoms with E-state index in [0.717, 1.165) is 0 Å².